The van der Waals surface area contributed by atoms with E-state index in [4.69, 9.17) is 0 Å². The Morgan fingerprint density at radius 1 is 1.00 bits per heavy atom. The smallest absolute Gasteiger partial charge is 0.258 e. The van der Waals surface area contributed by atoms with Crippen LogP contribution in [0, 0.1) is 0 Å². The number of benzene rings is 2. The van der Waals surface area contributed by atoms with Gasteiger partial charge in [0.1, 0.15) is 5.82 Å². The highest BCUT2D eigenvalue weighted by molar-refractivity contribution is 5.83. The fourth-order valence-electron chi connectivity index (χ4n) is 2.52. The molecule has 0 unspecified atom stereocenters. The summed E-state index contributed by atoms with van der Waals surface area (Å²) in [6.45, 7) is 0. The number of H-pyrrole nitrogens is 1. The first-order valence-corrected chi connectivity index (χ1v) is 6.91. The predicted molar refractivity (Wildman–Crippen MR) is 79.8 cm³/mol. The van der Waals surface area contributed by atoms with Crippen molar-refractivity contribution in [3.8, 4) is 11.1 Å². The zero-order chi connectivity index (χ0) is 13.5. The second-order valence-electron chi connectivity index (χ2n) is 5.32. The minimum absolute atomic E-state index is 0.0327. The number of hydrogen-bond acceptors (Lipinski definition) is 2. The number of aromatic amines is 1. The molecule has 0 bridgehead atoms. The van der Waals surface area contributed by atoms with Gasteiger partial charge in [-0.15, -0.1) is 0 Å². The van der Waals surface area contributed by atoms with Gasteiger partial charge >= 0.3 is 0 Å². The van der Waals surface area contributed by atoms with Gasteiger partial charge in [0.2, 0.25) is 0 Å². The van der Waals surface area contributed by atoms with E-state index in [2.05, 4.69) is 9.97 Å². The molecular formula is C17H14N2O. The van der Waals surface area contributed by atoms with Crippen molar-refractivity contribution in [2.45, 2.75) is 18.8 Å². The quantitative estimate of drug-likeness (QED) is 0.768. The molecule has 0 saturated heterocycles. The van der Waals surface area contributed by atoms with E-state index in [0.717, 1.165) is 35.3 Å². The van der Waals surface area contributed by atoms with Crippen molar-refractivity contribution in [2.24, 2.45) is 0 Å². The van der Waals surface area contributed by atoms with Gasteiger partial charge in [0.25, 0.3) is 5.56 Å². The molecule has 0 amide bonds. The van der Waals surface area contributed by atoms with E-state index in [9.17, 15) is 4.79 Å². The van der Waals surface area contributed by atoms with Crippen LogP contribution in [0.3, 0.4) is 0 Å². The van der Waals surface area contributed by atoms with Crippen molar-refractivity contribution < 1.29 is 0 Å². The summed E-state index contributed by atoms with van der Waals surface area (Å²) in [6.07, 6.45) is 2.27. The lowest BCUT2D eigenvalue weighted by molar-refractivity contribution is 0.931. The Bertz CT molecular complexity index is 832. The minimum Gasteiger partial charge on any atom is -0.310 e. The first kappa shape index (κ1) is 11.4. The molecule has 0 atom stereocenters. The maximum Gasteiger partial charge on any atom is 0.258 e. The highest BCUT2D eigenvalue weighted by Crippen LogP contribution is 2.37. The summed E-state index contributed by atoms with van der Waals surface area (Å²) in [5.74, 6) is 1.30. The largest absolute Gasteiger partial charge is 0.310 e. The van der Waals surface area contributed by atoms with Gasteiger partial charge < -0.3 is 4.98 Å². The zero-order valence-corrected chi connectivity index (χ0v) is 11.0. The molecule has 1 N–H and O–H groups in total. The van der Waals surface area contributed by atoms with Crippen LogP contribution in [0.25, 0.3) is 22.0 Å². The molecule has 4 rings (SSSR count). The first-order valence-electron chi connectivity index (χ1n) is 6.91. The molecule has 0 radical (unpaired) electrons. The summed E-state index contributed by atoms with van der Waals surface area (Å²) in [5.41, 5.74) is 2.91. The van der Waals surface area contributed by atoms with Crippen molar-refractivity contribution in [2.75, 3.05) is 0 Å². The Labute approximate surface area is 116 Å². The number of nitrogens with zero attached hydrogens (tertiary/aromatic N) is 1. The van der Waals surface area contributed by atoms with Crippen LogP contribution < -0.4 is 5.56 Å². The molecule has 20 heavy (non-hydrogen) atoms. The summed E-state index contributed by atoms with van der Waals surface area (Å²) >= 11 is 0. The molecule has 0 spiro atoms. The van der Waals surface area contributed by atoms with Crippen LogP contribution in [-0.4, -0.2) is 9.97 Å². The van der Waals surface area contributed by atoms with Crippen molar-refractivity contribution in [3.05, 3.63) is 64.7 Å². The van der Waals surface area contributed by atoms with Gasteiger partial charge in [0.15, 0.2) is 0 Å². The van der Waals surface area contributed by atoms with Gasteiger partial charge in [-0.3, -0.25) is 4.79 Å². The van der Waals surface area contributed by atoms with E-state index < -0.39 is 0 Å². The van der Waals surface area contributed by atoms with E-state index in [0.29, 0.717) is 11.3 Å². The Morgan fingerprint density at radius 3 is 2.55 bits per heavy atom. The molecular weight excluding hydrogens is 248 g/mol. The molecule has 98 valence electrons. The lowest BCUT2D eigenvalue weighted by Crippen LogP contribution is -2.11. The number of nitrogens with one attached hydrogen (secondary N) is 1. The Kier molecular flexibility index (Phi) is 2.46. The third kappa shape index (κ3) is 1.92. The van der Waals surface area contributed by atoms with Crippen LogP contribution in [0.2, 0.25) is 0 Å². The van der Waals surface area contributed by atoms with Crippen LogP contribution in [-0.2, 0) is 0 Å². The number of aromatic nitrogens is 2. The van der Waals surface area contributed by atoms with Crippen molar-refractivity contribution >= 4 is 10.9 Å². The molecule has 1 heterocycles. The fourth-order valence-corrected chi connectivity index (χ4v) is 2.52. The van der Waals surface area contributed by atoms with E-state index in [1.165, 1.54) is 0 Å². The topological polar surface area (TPSA) is 45.8 Å². The molecule has 3 nitrogen and oxygen atoms in total. The standard InChI is InChI=1S/C17H14N2O/c20-17-14-10-13(11-4-2-1-3-5-11)8-9-15(14)18-16(19-17)12-6-7-12/h1-5,8-10,12H,6-7H2,(H,18,19,20). The third-order valence-electron chi connectivity index (χ3n) is 3.79. The molecule has 2 aromatic carbocycles. The molecule has 3 heteroatoms. The molecule has 1 saturated carbocycles. The second kappa shape index (κ2) is 4.30. The van der Waals surface area contributed by atoms with Crippen molar-refractivity contribution in [1.82, 2.24) is 9.97 Å². The maximum absolute atomic E-state index is 12.2. The number of fused-ring (bicyclic) bond motifs is 1. The van der Waals surface area contributed by atoms with Crippen LogP contribution >= 0.6 is 0 Å². The van der Waals surface area contributed by atoms with E-state index >= 15 is 0 Å². The highest BCUT2D eigenvalue weighted by atomic mass is 16.1. The van der Waals surface area contributed by atoms with Crippen molar-refractivity contribution in [3.63, 3.8) is 0 Å². The molecule has 1 fully saturated rings. The third-order valence-corrected chi connectivity index (χ3v) is 3.79. The number of hydrogen-bond donors (Lipinski definition) is 1. The van der Waals surface area contributed by atoms with Gasteiger partial charge in [0, 0.05) is 5.92 Å². The van der Waals surface area contributed by atoms with Crippen LogP contribution in [0.15, 0.2) is 53.3 Å². The van der Waals surface area contributed by atoms with Gasteiger partial charge in [-0.05, 0) is 36.1 Å². The highest BCUT2D eigenvalue weighted by Gasteiger charge is 2.26. The molecule has 3 aromatic rings. The summed E-state index contributed by atoms with van der Waals surface area (Å²) in [7, 11) is 0. The fraction of sp³-hybridized carbons (Fsp3) is 0.176. The second-order valence-corrected chi connectivity index (χ2v) is 5.32. The Morgan fingerprint density at radius 2 is 1.80 bits per heavy atom. The van der Waals surface area contributed by atoms with Crippen LogP contribution in [0.1, 0.15) is 24.6 Å². The molecule has 1 aliphatic rings. The van der Waals surface area contributed by atoms with E-state index in [1.54, 1.807) is 0 Å². The van der Waals surface area contributed by atoms with Crippen LogP contribution in [0.4, 0.5) is 0 Å². The lowest BCUT2D eigenvalue weighted by atomic mass is 10.0. The van der Waals surface area contributed by atoms with Gasteiger partial charge in [-0.1, -0.05) is 36.4 Å². The summed E-state index contributed by atoms with van der Waals surface area (Å²) in [6, 6.07) is 16.0. The number of rotatable bonds is 2. The summed E-state index contributed by atoms with van der Waals surface area (Å²) in [4.78, 5) is 19.7. The predicted octanol–water partition coefficient (Wildman–Crippen LogP) is 3.47. The average molecular weight is 262 g/mol. The first-order chi connectivity index (χ1) is 9.81. The summed E-state index contributed by atoms with van der Waals surface area (Å²) in [5, 5.41) is 0.663. The average Bonchev–Trinajstić information content (AvgIpc) is 3.32. The SMILES string of the molecule is O=c1[nH]c(C2CC2)nc2ccc(-c3ccccc3)cc12. The molecule has 1 aromatic heterocycles. The minimum atomic E-state index is -0.0327. The molecule has 1 aliphatic carbocycles. The lowest BCUT2D eigenvalue weighted by Gasteiger charge is -2.05. The van der Waals surface area contributed by atoms with Gasteiger partial charge in [-0.25, -0.2) is 4.98 Å². The monoisotopic (exact) mass is 262 g/mol. The maximum atomic E-state index is 12.2. The van der Waals surface area contributed by atoms with E-state index in [1.807, 2.05) is 48.5 Å². The van der Waals surface area contributed by atoms with E-state index in [-0.39, 0.29) is 5.56 Å². The van der Waals surface area contributed by atoms with Crippen molar-refractivity contribution in [1.29, 1.82) is 0 Å². The molecule has 0 aliphatic heterocycles. The normalized spacial score (nSPS) is 14.6. The summed E-state index contributed by atoms with van der Waals surface area (Å²) < 4.78 is 0. The van der Waals surface area contributed by atoms with Gasteiger partial charge in [0.05, 0.1) is 10.9 Å². The zero-order valence-electron chi connectivity index (χ0n) is 11.0. The Hall–Kier alpha value is -2.42. The van der Waals surface area contributed by atoms with Gasteiger partial charge in [-0.2, -0.15) is 0 Å². The Balaban J connectivity index is 1.89. The van der Waals surface area contributed by atoms with Crippen LogP contribution in [0.5, 0.6) is 0 Å².